The molecule has 0 atom stereocenters. The Balaban J connectivity index is 1.26. The second-order valence-electron chi connectivity index (χ2n) is 9.23. The fourth-order valence-corrected chi connectivity index (χ4v) is 9.17. The van der Waals surface area contributed by atoms with Crippen LogP contribution in [0.1, 0.15) is 89.0 Å². The van der Waals surface area contributed by atoms with Gasteiger partial charge >= 0.3 is 0 Å². The fraction of sp³-hybridized carbons (Fsp3) is 0.750. The van der Waals surface area contributed by atoms with Crippen LogP contribution in [0.25, 0.3) is 0 Å². The molecule has 0 aromatic heterocycles. The molecular weight excluding hydrogens is 335 g/mol. The molecular formula is C24H39FSi. The summed E-state index contributed by atoms with van der Waals surface area (Å²) in [7, 11) is -0.285. The highest BCUT2D eigenvalue weighted by Gasteiger charge is 2.23. The van der Waals surface area contributed by atoms with Crippen molar-refractivity contribution in [3.8, 4) is 0 Å². The highest BCUT2D eigenvalue weighted by molar-refractivity contribution is 6.58. The fourth-order valence-electron chi connectivity index (χ4n) is 5.60. The molecule has 1 saturated carbocycles. The number of hydrogen-bond donors (Lipinski definition) is 0. The van der Waals surface area contributed by atoms with Gasteiger partial charge in [-0.3, -0.25) is 0 Å². The molecule has 1 saturated heterocycles. The SMILES string of the molecule is CCC[Si@H]1CC[C@H](CCCC[C@H]2CC[C@H](c3ccc(F)cc3)CC2)CC1. The van der Waals surface area contributed by atoms with Crippen molar-refractivity contribution in [1.82, 2.24) is 0 Å². The summed E-state index contributed by atoms with van der Waals surface area (Å²) in [5.41, 5.74) is 1.35. The minimum atomic E-state index is -0.285. The topological polar surface area (TPSA) is 0 Å². The van der Waals surface area contributed by atoms with Crippen molar-refractivity contribution in [1.29, 1.82) is 0 Å². The second-order valence-corrected chi connectivity index (χ2v) is 12.7. The quantitative estimate of drug-likeness (QED) is 0.323. The van der Waals surface area contributed by atoms with Gasteiger partial charge in [0.15, 0.2) is 0 Å². The first-order valence-corrected chi connectivity index (χ1v) is 13.9. The molecule has 26 heavy (non-hydrogen) atoms. The van der Waals surface area contributed by atoms with Gasteiger partial charge in [0, 0.05) is 8.80 Å². The maximum Gasteiger partial charge on any atom is 0.123 e. The van der Waals surface area contributed by atoms with E-state index < -0.39 is 0 Å². The van der Waals surface area contributed by atoms with E-state index in [2.05, 4.69) is 6.92 Å². The van der Waals surface area contributed by atoms with Gasteiger partial charge in [0.25, 0.3) is 0 Å². The Bertz CT molecular complexity index is 495. The summed E-state index contributed by atoms with van der Waals surface area (Å²) < 4.78 is 13.1. The monoisotopic (exact) mass is 374 g/mol. The van der Waals surface area contributed by atoms with Crippen molar-refractivity contribution in [2.75, 3.05) is 0 Å². The van der Waals surface area contributed by atoms with Crippen LogP contribution >= 0.6 is 0 Å². The van der Waals surface area contributed by atoms with Crippen LogP contribution in [0.15, 0.2) is 24.3 Å². The van der Waals surface area contributed by atoms with Gasteiger partial charge in [0.05, 0.1) is 0 Å². The summed E-state index contributed by atoms with van der Waals surface area (Å²) in [6.45, 7) is 2.37. The number of benzene rings is 1. The highest BCUT2D eigenvalue weighted by atomic mass is 28.3. The van der Waals surface area contributed by atoms with Gasteiger partial charge in [-0.15, -0.1) is 0 Å². The standard InChI is InChI=1S/C24H39FSi/c1-2-17-26-18-15-21(16-19-26)6-4-3-5-20-7-9-22(10-8-20)23-11-13-24(25)14-12-23/h11-14,20-22,26H,2-10,15-19H2,1H3/t20-,21-,22-,26-. The molecule has 2 aliphatic rings. The van der Waals surface area contributed by atoms with Crippen LogP contribution in [0.5, 0.6) is 0 Å². The van der Waals surface area contributed by atoms with Crippen molar-refractivity contribution in [3.63, 3.8) is 0 Å². The molecule has 0 N–H and O–H groups in total. The summed E-state index contributed by atoms with van der Waals surface area (Å²) in [5, 5.41) is 0. The molecule has 1 heterocycles. The third-order valence-electron chi connectivity index (χ3n) is 7.33. The number of unbranched alkanes of at least 4 members (excludes halogenated alkanes) is 1. The number of halogens is 1. The number of rotatable bonds is 8. The van der Waals surface area contributed by atoms with Crippen LogP contribution < -0.4 is 0 Å². The Labute approximate surface area is 162 Å². The molecule has 1 aromatic carbocycles. The average molecular weight is 375 g/mol. The lowest BCUT2D eigenvalue weighted by atomic mass is 9.77. The van der Waals surface area contributed by atoms with Crippen molar-refractivity contribution in [2.24, 2.45) is 11.8 Å². The molecule has 146 valence electrons. The molecule has 2 heteroatoms. The first-order chi connectivity index (χ1) is 12.7. The molecule has 2 fully saturated rings. The third kappa shape index (κ3) is 6.22. The maximum atomic E-state index is 13.1. The number of hydrogen-bond acceptors (Lipinski definition) is 0. The normalized spacial score (nSPS) is 29.6. The van der Waals surface area contributed by atoms with E-state index in [-0.39, 0.29) is 14.6 Å². The average Bonchev–Trinajstić information content (AvgIpc) is 2.68. The third-order valence-corrected chi connectivity index (χ3v) is 11.0. The summed E-state index contributed by atoms with van der Waals surface area (Å²) in [5.74, 6) is 2.60. The predicted molar refractivity (Wildman–Crippen MR) is 114 cm³/mol. The van der Waals surface area contributed by atoms with Gasteiger partial charge in [-0.05, 0) is 61.1 Å². The molecule has 0 amide bonds. The predicted octanol–water partition coefficient (Wildman–Crippen LogP) is 7.71. The summed E-state index contributed by atoms with van der Waals surface area (Å²) in [6.07, 6.45) is 15.9. The first kappa shape index (κ1) is 20.1. The first-order valence-electron chi connectivity index (χ1n) is 11.5. The molecule has 1 aliphatic carbocycles. The molecule has 0 unspecified atom stereocenters. The maximum absolute atomic E-state index is 13.1. The van der Waals surface area contributed by atoms with E-state index in [1.54, 1.807) is 43.1 Å². The minimum Gasteiger partial charge on any atom is -0.207 e. The lowest BCUT2D eigenvalue weighted by Gasteiger charge is -2.29. The van der Waals surface area contributed by atoms with Crippen LogP contribution in [0.2, 0.25) is 18.1 Å². The van der Waals surface area contributed by atoms with E-state index in [1.165, 1.54) is 63.4 Å². The molecule has 0 spiro atoms. The van der Waals surface area contributed by atoms with Crippen LogP contribution in [0.4, 0.5) is 4.39 Å². The molecule has 0 radical (unpaired) electrons. The zero-order valence-corrected chi connectivity index (χ0v) is 18.1. The molecule has 1 aromatic rings. The molecule has 1 aliphatic heterocycles. The van der Waals surface area contributed by atoms with Crippen molar-refractivity contribution >= 4 is 8.80 Å². The van der Waals surface area contributed by atoms with Crippen molar-refractivity contribution in [3.05, 3.63) is 35.6 Å². The van der Waals surface area contributed by atoms with E-state index in [0.717, 1.165) is 11.8 Å². The van der Waals surface area contributed by atoms with E-state index in [9.17, 15) is 4.39 Å². The Morgan fingerprint density at radius 3 is 2.00 bits per heavy atom. The van der Waals surface area contributed by atoms with E-state index in [1.807, 2.05) is 12.1 Å². The minimum absolute atomic E-state index is 0.108. The smallest absolute Gasteiger partial charge is 0.123 e. The lowest BCUT2D eigenvalue weighted by Crippen LogP contribution is -2.21. The Kier molecular flexibility index (Phi) is 8.23. The zero-order chi connectivity index (χ0) is 18.2. The zero-order valence-electron chi connectivity index (χ0n) is 16.9. The van der Waals surface area contributed by atoms with Crippen molar-refractivity contribution < 1.29 is 4.39 Å². The summed E-state index contributed by atoms with van der Waals surface area (Å²) in [6, 6.07) is 12.1. The summed E-state index contributed by atoms with van der Waals surface area (Å²) >= 11 is 0. The Morgan fingerprint density at radius 2 is 1.42 bits per heavy atom. The highest BCUT2D eigenvalue weighted by Crippen LogP contribution is 2.38. The van der Waals surface area contributed by atoms with Crippen molar-refractivity contribution in [2.45, 2.75) is 102 Å². The molecule has 3 rings (SSSR count). The van der Waals surface area contributed by atoms with Crippen LogP contribution in [0.3, 0.4) is 0 Å². The van der Waals surface area contributed by atoms with Gasteiger partial charge in [-0.1, -0.05) is 82.1 Å². The molecule has 0 bridgehead atoms. The second kappa shape index (κ2) is 10.6. The molecule has 0 nitrogen and oxygen atoms in total. The van der Waals surface area contributed by atoms with Crippen LogP contribution in [0, 0.1) is 17.7 Å². The largest absolute Gasteiger partial charge is 0.207 e. The van der Waals surface area contributed by atoms with E-state index in [4.69, 9.17) is 0 Å². The van der Waals surface area contributed by atoms with Gasteiger partial charge in [0.2, 0.25) is 0 Å². The van der Waals surface area contributed by atoms with Crippen LogP contribution in [-0.4, -0.2) is 8.80 Å². The van der Waals surface area contributed by atoms with Gasteiger partial charge in [-0.25, -0.2) is 4.39 Å². The Hall–Kier alpha value is -0.633. The van der Waals surface area contributed by atoms with E-state index in [0.29, 0.717) is 5.92 Å². The van der Waals surface area contributed by atoms with Crippen LogP contribution in [-0.2, 0) is 0 Å². The lowest BCUT2D eigenvalue weighted by molar-refractivity contribution is 0.297. The van der Waals surface area contributed by atoms with E-state index >= 15 is 0 Å². The van der Waals surface area contributed by atoms with Gasteiger partial charge in [-0.2, -0.15) is 0 Å². The van der Waals surface area contributed by atoms with Gasteiger partial charge in [0.1, 0.15) is 5.82 Å². The van der Waals surface area contributed by atoms with Gasteiger partial charge < -0.3 is 0 Å². The summed E-state index contributed by atoms with van der Waals surface area (Å²) in [4.78, 5) is 0. The Morgan fingerprint density at radius 1 is 0.846 bits per heavy atom.